The summed E-state index contributed by atoms with van der Waals surface area (Å²) in [7, 11) is 0. The van der Waals surface area contributed by atoms with Gasteiger partial charge in [-0.3, -0.25) is 0 Å². The number of ether oxygens (including phenoxy) is 1. The first kappa shape index (κ1) is 13.6. The quantitative estimate of drug-likeness (QED) is 0.574. The Hall–Kier alpha value is -1.47. The van der Waals surface area contributed by atoms with Crippen molar-refractivity contribution in [3.63, 3.8) is 0 Å². The van der Waals surface area contributed by atoms with Crippen molar-refractivity contribution in [2.75, 3.05) is 12.4 Å². The Bertz CT molecular complexity index is 395. The van der Waals surface area contributed by atoms with E-state index in [1.54, 1.807) is 30.8 Å². The van der Waals surface area contributed by atoms with Crippen LogP contribution in [0.4, 0.5) is 0 Å². The number of nitriles is 1. The second kappa shape index (κ2) is 7.75. The van der Waals surface area contributed by atoms with E-state index in [2.05, 4.69) is 6.07 Å². The van der Waals surface area contributed by atoms with Crippen molar-refractivity contribution in [2.45, 2.75) is 19.1 Å². The Morgan fingerprint density at radius 3 is 2.71 bits per heavy atom. The second-order valence-electron chi connectivity index (χ2n) is 3.38. The van der Waals surface area contributed by atoms with E-state index in [1.807, 2.05) is 12.1 Å². The third-order valence-corrected chi connectivity index (χ3v) is 3.12. The number of thioether (sulfide) groups is 1. The van der Waals surface area contributed by atoms with Crippen LogP contribution in [0.3, 0.4) is 0 Å². The molecule has 0 aliphatic rings. The standard InChI is InChI=1S/C13H15NO2S/c1-2-16-13(15)12-6-4-11(5-7-12)10-17-9-3-8-14/h4-7H,2-3,9-10H2,1H3. The summed E-state index contributed by atoms with van der Waals surface area (Å²) in [6.45, 7) is 2.18. The van der Waals surface area contributed by atoms with E-state index in [4.69, 9.17) is 10.00 Å². The van der Waals surface area contributed by atoms with E-state index in [0.717, 1.165) is 17.1 Å². The van der Waals surface area contributed by atoms with Crippen LogP contribution in [0.25, 0.3) is 0 Å². The number of nitrogens with zero attached hydrogens (tertiary/aromatic N) is 1. The fraction of sp³-hybridized carbons (Fsp3) is 0.385. The lowest BCUT2D eigenvalue weighted by atomic mass is 10.1. The van der Waals surface area contributed by atoms with Gasteiger partial charge in [-0.2, -0.15) is 17.0 Å². The van der Waals surface area contributed by atoms with Gasteiger partial charge in [0.1, 0.15) is 0 Å². The zero-order valence-corrected chi connectivity index (χ0v) is 10.6. The molecule has 0 unspecified atom stereocenters. The molecule has 0 atom stereocenters. The highest BCUT2D eigenvalue weighted by Gasteiger charge is 2.05. The van der Waals surface area contributed by atoms with Crippen molar-refractivity contribution in [1.82, 2.24) is 0 Å². The van der Waals surface area contributed by atoms with Crippen molar-refractivity contribution in [1.29, 1.82) is 5.26 Å². The largest absolute Gasteiger partial charge is 0.462 e. The molecule has 0 aliphatic heterocycles. The Labute approximate surface area is 106 Å². The van der Waals surface area contributed by atoms with E-state index in [9.17, 15) is 4.79 Å². The Kier molecular flexibility index (Phi) is 6.19. The molecule has 0 heterocycles. The molecule has 0 amide bonds. The third kappa shape index (κ3) is 4.92. The topological polar surface area (TPSA) is 50.1 Å². The van der Waals surface area contributed by atoms with Crippen LogP contribution in [0.2, 0.25) is 0 Å². The first-order valence-electron chi connectivity index (χ1n) is 5.48. The maximum atomic E-state index is 11.4. The maximum Gasteiger partial charge on any atom is 0.338 e. The van der Waals surface area contributed by atoms with Gasteiger partial charge in [0.25, 0.3) is 0 Å². The highest BCUT2D eigenvalue weighted by Crippen LogP contribution is 2.14. The van der Waals surface area contributed by atoms with Gasteiger partial charge in [0.2, 0.25) is 0 Å². The molecule has 17 heavy (non-hydrogen) atoms. The number of hydrogen-bond donors (Lipinski definition) is 0. The summed E-state index contributed by atoms with van der Waals surface area (Å²) in [5, 5.41) is 8.40. The minimum absolute atomic E-state index is 0.281. The summed E-state index contributed by atoms with van der Waals surface area (Å²) in [6.07, 6.45) is 0.575. The van der Waals surface area contributed by atoms with Crippen molar-refractivity contribution in [2.24, 2.45) is 0 Å². The summed E-state index contributed by atoms with van der Waals surface area (Å²) in [4.78, 5) is 11.4. The van der Waals surface area contributed by atoms with Gasteiger partial charge in [0.15, 0.2) is 0 Å². The highest BCUT2D eigenvalue weighted by atomic mass is 32.2. The summed E-state index contributed by atoms with van der Waals surface area (Å²) in [5.41, 5.74) is 1.73. The molecule has 90 valence electrons. The van der Waals surface area contributed by atoms with Gasteiger partial charge in [-0.1, -0.05) is 12.1 Å². The van der Waals surface area contributed by atoms with Gasteiger partial charge in [-0.15, -0.1) is 0 Å². The smallest absolute Gasteiger partial charge is 0.338 e. The van der Waals surface area contributed by atoms with E-state index in [0.29, 0.717) is 18.6 Å². The van der Waals surface area contributed by atoms with Gasteiger partial charge in [-0.05, 0) is 24.6 Å². The number of esters is 1. The molecular formula is C13H15NO2S. The van der Waals surface area contributed by atoms with Crippen molar-refractivity contribution in [3.8, 4) is 6.07 Å². The molecule has 0 radical (unpaired) electrons. The molecule has 0 spiro atoms. The normalized spacial score (nSPS) is 9.65. The minimum Gasteiger partial charge on any atom is -0.462 e. The average Bonchev–Trinajstić information content (AvgIpc) is 2.36. The average molecular weight is 249 g/mol. The number of carbonyl (C=O) groups excluding carboxylic acids is 1. The fourth-order valence-corrected chi connectivity index (χ4v) is 2.07. The molecule has 0 aromatic heterocycles. The van der Waals surface area contributed by atoms with Crippen LogP contribution in [0, 0.1) is 11.3 Å². The molecule has 1 rings (SSSR count). The molecule has 0 aliphatic carbocycles. The molecular weight excluding hydrogens is 234 g/mol. The Morgan fingerprint density at radius 2 is 2.12 bits per heavy atom. The molecule has 0 N–H and O–H groups in total. The maximum absolute atomic E-state index is 11.4. The zero-order chi connectivity index (χ0) is 12.5. The second-order valence-corrected chi connectivity index (χ2v) is 4.48. The predicted molar refractivity (Wildman–Crippen MR) is 68.8 cm³/mol. The van der Waals surface area contributed by atoms with Gasteiger partial charge in [0, 0.05) is 17.9 Å². The summed E-state index contributed by atoms with van der Waals surface area (Å²) >= 11 is 1.72. The first-order chi connectivity index (χ1) is 8.27. The van der Waals surface area contributed by atoms with E-state index in [1.165, 1.54) is 0 Å². The molecule has 1 aromatic carbocycles. The number of benzene rings is 1. The molecule has 0 saturated carbocycles. The van der Waals surface area contributed by atoms with Crippen LogP contribution in [-0.2, 0) is 10.5 Å². The van der Waals surface area contributed by atoms with Crippen molar-refractivity contribution >= 4 is 17.7 Å². The van der Waals surface area contributed by atoms with E-state index < -0.39 is 0 Å². The first-order valence-corrected chi connectivity index (χ1v) is 6.64. The Balaban J connectivity index is 2.45. The summed E-state index contributed by atoms with van der Waals surface area (Å²) in [5.74, 6) is 1.43. The molecule has 0 bridgehead atoms. The molecule has 0 saturated heterocycles. The van der Waals surface area contributed by atoms with E-state index in [-0.39, 0.29) is 5.97 Å². The number of carbonyl (C=O) groups is 1. The summed E-state index contributed by atoms with van der Waals surface area (Å²) in [6, 6.07) is 9.51. The minimum atomic E-state index is -0.281. The van der Waals surface area contributed by atoms with Gasteiger partial charge < -0.3 is 4.74 Å². The fourth-order valence-electron chi connectivity index (χ4n) is 1.26. The van der Waals surface area contributed by atoms with Crippen LogP contribution in [-0.4, -0.2) is 18.3 Å². The SMILES string of the molecule is CCOC(=O)c1ccc(CSCCC#N)cc1. The van der Waals surface area contributed by atoms with Crippen LogP contribution < -0.4 is 0 Å². The number of rotatable bonds is 6. The van der Waals surface area contributed by atoms with E-state index >= 15 is 0 Å². The zero-order valence-electron chi connectivity index (χ0n) is 9.81. The lowest BCUT2D eigenvalue weighted by molar-refractivity contribution is 0.0526. The molecule has 1 aromatic rings. The monoisotopic (exact) mass is 249 g/mol. The molecule has 3 nitrogen and oxygen atoms in total. The predicted octanol–water partition coefficient (Wildman–Crippen LogP) is 3.01. The lowest BCUT2D eigenvalue weighted by Crippen LogP contribution is -2.04. The van der Waals surface area contributed by atoms with Gasteiger partial charge in [-0.25, -0.2) is 4.79 Å². The van der Waals surface area contributed by atoms with Crippen LogP contribution in [0.5, 0.6) is 0 Å². The molecule has 4 heteroatoms. The van der Waals surface area contributed by atoms with Gasteiger partial charge in [0.05, 0.1) is 18.2 Å². The van der Waals surface area contributed by atoms with Crippen LogP contribution in [0.1, 0.15) is 29.3 Å². The van der Waals surface area contributed by atoms with Crippen molar-refractivity contribution < 1.29 is 9.53 Å². The van der Waals surface area contributed by atoms with Crippen molar-refractivity contribution in [3.05, 3.63) is 35.4 Å². The van der Waals surface area contributed by atoms with Crippen LogP contribution in [0.15, 0.2) is 24.3 Å². The molecule has 0 fully saturated rings. The lowest BCUT2D eigenvalue weighted by Gasteiger charge is -2.03. The highest BCUT2D eigenvalue weighted by molar-refractivity contribution is 7.98. The summed E-state index contributed by atoms with van der Waals surface area (Å²) < 4.78 is 4.90. The van der Waals surface area contributed by atoms with Crippen LogP contribution >= 0.6 is 11.8 Å². The Morgan fingerprint density at radius 1 is 1.41 bits per heavy atom. The van der Waals surface area contributed by atoms with Gasteiger partial charge >= 0.3 is 5.97 Å². The third-order valence-electron chi connectivity index (χ3n) is 2.09. The number of hydrogen-bond acceptors (Lipinski definition) is 4.